The van der Waals surface area contributed by atoms with E-state index >= 15 is 0 Å². The first-order chi connectivity index (χ1) is 9.97. The molecule has 1 aliphatic heterocycles. The smallest absolute Gasteiger partial charge is 0.228 e. The van der Waals surface area contributed by atoms with Gasteiger partial charge in [0.1, 0.15) is 0 Å². The second-order valence-corrected chi connectivity index (χ2v) is 6.01. The molecule has 1 atom stereocenters. The first kappa shape index (κ1) is 14.4. The molecule has 2 aromatic rings. The minimum absolute atomic E-state index is 0.101. The van der Waals surface area contributed by atoms with E-state index in [9.17, 15) is 4.79 Å². The summed E-state index contributed by atoms with van der Waals surface area (Å²) in [6, 6.07) is 10.8. The van der Waals surface area contributed by atoms with Crippen molar-refractivity contribution in [2.75, 3.05) is 4.90 Å². The van der Waals surface area contributed by atoms with Gasteiger partial charge < -0.3 is 5.73 Å². The van der Waals surface area contributed by atoms with Gasteiger partial charge in [0.05, 0.1) is 11.4 Å². The number of nitrogens with two attached hydrogens (primary N) is 1. The van der Waals surface area contributed by atoms with Crippen LogP contribution in [0.4, 0.5) is 11.4 Å². The quantitative estimate of drug-likeness (QED) is 0.789. The number of carbonyl (C=O) groups is 1. The van der Waals surface area contributed by atoms with Gasteiger partial charge in [-0.2, -0.15) is 0 Å². The Hall–Kier alpha value is -1.55. The largest absolute Gasteiger partial charge is 0.324 e. The van der Waals surface area contributed by atoms with Gasteiger partial charge in [0.15, 0.2) is 0 Å². The van der Waals surface area contributed by atoms with E-state index in [4.69, 9.17) is 28.9 Å². The molecule has 5 heteroatoms. The minimum atomic E-state index is -0.193. The molecule has 0 aliphatic carbocycles. The molecular formula is C16H14Cl2N2O. The van der Waals surface area contributed by atoms with Crippen molar-refractivity contribution in [2.24, 2.45) is 5.73 Å². The molecule has 1 heterocycles. The monoisotopic (exact) mass is 320 g/mol. The Morgan fingerprint density at radius 2 is 1.76 bits per heavy atom. The fourth-order valence-electron chi connectivity index (χ4n) is 2.76. The van der Waals surface area contributed by atoms with Crippen molar-refractivity contribution in [2.45, 2.75) is 19.4 Å². The second kappa shape index (κ2) is 5.34. The summed E-state index contributed by atoms with van der Waals surface area (Å²) < 4.78 is 0. The SMILES string of the molecule is CC(=O)N1c2cc(Cl)ccc2C[C@@H](N)c2ccc(Cl)cc21. The standard InChI is InChI=1S/C16H14Cl2N2O/c1-9(21)20-15-7-11(17)3-2-10(15)6-14(19)13-5-4-12(18)8-16(13)20/h2-5,7-8,14H,6,19H2,1H3/t14-/m1/s1. The number of halogens is 2. The Bertz CT molecular complexity index is 730. The number of carbonyl (C=O) groups excluding carboxylic acids is 1. The van der Waals surface area contributed by atoms with Gasteiger partial charge in [0.2, 0.25) is 5.91 Å². The van der Waals surface area contributed by atoms with Crippen molar-refractivity contribution in [1.29, 1.82) is 0 Å². The predicted molar refractivity (Wildman–Crippen MR) is 86.4 cm³/mol. The van der Waals surface area contributed by atoms with Crippen molar-refractivity contribution in [1.82, 2.24) is 0 Å². The van der Waals surface area contributed by atoms with Crippen LogP contribution in [0.1, 0.15) is 24.1 Å². The number of nitrogens with zero attached hydrogens (tertiary/aromatic N) is 1. The number of benzene rings is 2. The number of hydrogen-bond donors (Lipinski definition) is 1. The van der Waals surface area contributed by atoms with E-state index in [0.29, 0.717) is 16.5 Å². The van der Waals surface area contributed by atoms with Crippen LogP contribution in [0.2, 0.25) is 10.0 Å². The zero-order valence-corrected chi connectivity index (χ0v) is 12.9. The third-order valence-corrected chi connectivity index (χ3v) is 4.15. The lowest BCUT2D eigenvalue weighted by Gasteiger charge is -2.24. The molecular weight excluding hydrogens is 307 g/mol. The van der Waals surface area contributed by atoms with E-state index in [0.717, 1.165) is 22.5 Å². The third kappa shape index (κ3) is 2.53. The molecule has 108 valence electrons. The number of anilines is 2. The number of hydrogen-bond acceptors (Lipinski definition) is 2. The highest BCUT2D eigenvalue weighted by molar-refractivity contribution is 6.31. The zero-order valence-electron chi connectivity index (χ0n) is 11.4. The third-order valence-electron chi connectivity index (χ3n) is 3.68. The Morgan fingerprint density at radius 3 is 2.43 bits per heavy atom. The second-order valence-electron chi connectivity index (χ2n) is 5.14. The normalized spacial score (nSPS) is 17.0. The minimum Gasteiger partial charge on any atom is -0.324 e. The summed E-state index contributed by atoms with van der Waals surface area (Å²) in [5.41, 5.74) is 9.69. The Balaban J connectivity index is 2.31. The van der Waals surface area contributed by atoms with Gasteiger partial charge in [0, 0.05) is 23.0 Å². The molecule has 2 N–H and O–H groups in total. The molecule has 0 saturated heterocycles. The highest BCUT2D eigenvalue weighted by Gasteiger charge is 2.27. The van der Waals surface area contributed by atoms with Gasteiger partial charge in [0.25, 0.3) is 0 Å². The maximum Gasteiger partial charge on any atom is 0.228 e. The van der Waals surface area contributed by atoms with Crippen molar-refractivity contribution in [3.8, 4) is 0 Å². The van der Waals surface area contributed by atoms with Gasteiger partial charge in [-0.3, -0.25) is 9.69 Å². The Morgan fingerprint density at radius 1 is 1.14 bits per heavy atom. The van der Waals surface area contributed by atoms with Gasteiger partial charge in [-0.15, -0.1) is 0 Å². The molecule has 2 aromatic carbocycles. The van der Waals surface area contributed by atoms with Crippen molar-refractivity contribution in [3.05, 3.63) is 57.6 Å². The van der Waals surface area contributed by atoms with E-state index in [2.05, 4.69) is 0 Å². The molecule has 0 aromatic heterocycles. The van der Waals surface area contributed by atoms with E-state index in [-0.39, 0.29) is 11.9 Å². The van der Waals surface area contributed by atoms with Crippen LogP contribution < -0.4 is 10.6 Å². The molecule has 21 heavy (non-hydrogen) atoms. The average Bonchev–Trinajstić information content (AvgIpc) is 2.52. The van der Waals surface area contributed by atoms with Crippen LogP contribution in [0.5, 0.6) is 0 Å². The molecule has 0 fully saturated rings. The molecule has 0 bridgehead atoms. The van der Waals surface area contributed by atoms with Gasteiger partial charge in [-0.1, -0.05) is 35.3 Å². The maximum atomic E-state index is 12.2. The lowest BCUT2D eigenvalue weighted by Crippen LogP contribution is -2.24. The summed E-state index contributed by atoms with van der Waals surface area (Å²) in [5.74, 6) is -0.101. The summed E-state index contributed by atoms with van der Waals surface area (Å²) in [6.07, 6.45) is 0.644. The number of fused-ring (bicyclic) bond motifs is 2. The maximum absolute atomic E-state index is 12.2. The van der Waals surface area contributed by atoms with Crippen LogP contribution in [0, 0.1) is 0 Å². The van der Waals surface area contributed by atoms with Crippen LogP contribution >= 0.6 is 23.2 Å². The Labute approximate surface area is 133 Å². The first-order valence-corrected chi connectivity index (χ1v) is 7.37. The summed E-state index contributed by atoms with van der Waals surface area (Å²) in [4.78, 5) is 13.8. The van der Waals surface area contributed by atoms with E-state index in [1.54, 1.807) is 23.1 Å². The van der Waals surface area contributed by atoms with Crippen molar-refractivity contribution in [3.63, 3.8) is 0 Å². The average molecular weight is 321 g/mol. The highest BCUT2D eigenvalue weighted by Crippen LogP contribution is 2.41. The molecule has 3 nitrogen and oxygen atoms in total. The lowest BCUT2D eigenvalue weighted by atomic mass is 10.00. The van der Waals surface area contributed by atoms with E-state index in [1.807, 2.05) is 18.2 Å². The molecule has 0 unspecified atom stereocenters. The fraction of sp³-hybridized carbons (Fsp3) is 0.188. The van der Waals surface area contributed by atoms with Crippen LogP contribution in [0.25, 0.3) is 0 Å². The lowest BCUT2D eigenvalue weighted by molar-refractivity contribution is -0.115. The van der Waals surface area contributed by atoms with Gasteiger partial charge in [-0.05, 0) is 41.8 Å². The molecule has 1 aliphatic rings. The van der Waals surface area contributed by atoms with Crippen LogP contribution in [0.15, 0.2) is 36.4 Å². The van der Waals surface area contributed by atoms with Crippen molar-refractivity contribution < 1.29 is 4.79 Å². The summed E-state index contributed by atoms with van der Waals surface area (Å²) in [5, 5.41) is 1.15. The topological polar surface area (TPSA) is 46.3 Å². The molecule has 3 rings (SSSR count). The van der Waals surface area contributed by atoms with Gasteiger partial charge in [-0.25, -0.2) is 0 Å². The van der Waals surface area contributed by atoms with Crippen LogP contribution in [-0.2, 0) is 11.2 Å². The first-order valence-electron chi connectivity index (χ1n) is 6.61. The molecule has 0 saturated carbocycles. The zero-order chi connectivity index (χ0) is 15.1. The number of amides is 1. The molecule has 0 radical (unpaired) electrons. The molecule has 0 spiro atoms. The predicted octanol–water partition coefficient (Wildman–Crippen LogP) is 4.23. The summed E-state index contributed by atoms with van der Waals surface area (Å²) >= 11 is 12.2. The van der Waals surface area contributed by atoms with E-state index < -0.39 is 0 Å². The molecule has 1 amide bonds. The van der Waals surface area contributed by atoms with E-state index in [1.165, 1.54) is 6.92 Å². The fourth-order valence-corrected chi connectivity index (χ4v) is 3.09. The van der Waals surface area contributed by atoms with Crippen LogP contribution in [0.3, 0.4) is 0 Å². The summed E-state index contributed by atoms with van der Waals surface area (Å²) in [7, 11) is 0. The highest BCUT2D eigenvalue weighted by atomic mass is 35.5. The van der Waals surface area contributed by atoms with Crippen molar-refractivity contribution >= 4 is 40.5 Å². The Kier molecular flexibility index (Phi) is 3.66. The summed E-state index contributed by atoms with van der Waals surface area (Å²) in [6.45, 7) is 1.52. The number of rotatable bonds is 0. The van der Waals surface area contributed by atoms with Crippen LogP contribution in [-0.4, -0.2) is 5.91 Å². The van der Waals surface area contributed by atoms with Gasteiger partial charge >= 0.3 is 0 Å².